The monoisotopic (exact) mass is 417 g/mol. The third-order valence-electron chi connectivity index (χ3n) is 5.17. The van der Waals surface area contributed by atoms with Crippen molar-refractivity contribution in [1.82, 2.24) is 9.80 Å². The number of halogens is 2. The van der Waals surface area contributed by atoms with Gasteiger partial charge in [-0.1, -0.05) is 24.3 Å². The van der Waals surface area contributed by atoms with Crippen molar-refractivity contribution in [2.75, 3.05) is 26.2 Å². The molecular formula is C23H29F2N3O2. The third-order valence-corrected chi connectivity index (χ3v) is 5.17. The van der Waals surface area contributed by atoms with Crippen LogP contribution in [0.25, 0.3) is 0 Å². The highest BCUT2D eigenvalue weighted by molar-refractivity contribution is 5.68. The number of benzene rings is 2. The third kappa shape index (κ3) is 5.55. The standard InChI is InChI=1S/C23H29F2N3O2/c1-23(2,3)30-22(29)28-14-12-27(13-15-28)21(17-6-10-19(25)11-7-17)20(26)16-4-8-18(24)9-5-16/h4-11,20-21H,12-15,26H2,1-3H3. The van der Waals surface area contributed by atoms with Crippen LogP contribution in [0, 0.1) is 11.6 Å². The minimum absolute atomic E-state index is 0.239. The average molecular weight is 418 g/mol. The van der Waals surface area contributed by atoms with Crippen molar-refractivity contribution < 1.29 is 18.3 Å². The molecule has 1 heterocycles. The van der Waals surface area contributed by atoms with Crippen LogP contribution in [0.2, 0.25) is 0 Å². The lowest BCUT2D eigenvalue weighted by Crippen LogP contribution is -2.52. The molecule has 1 fully saturated rings. The van der Waals surface area contributed by atoms with Gasteiger partial charge in [-0.05, 0) is 56.2 Å². The normalized spacial score (nSPS) is 17.5. The number of rotatable bonds is 4. The number of carbonyl (C=O) groups excluding carboxylic acids is 1. The van der Waals surface area contributed by atoms with Gasteiger partial charge in [0.05, 0.1) is 6.04 Å². The molecule has 30 heavy (non-hydrogen) atoms. The molecule has 0 bridgehead atoms. The highest BCUT2D eigenvalue weighted by Crippen LogP contribution is 2.33. The Morgan fingerprint density at radius 1 is 0.900 bits per heavy atom. The first-order chi connectivity index (χ1) is 14.1. The molecule has 1 saturated heterocycles. The summed E-state index contributed by atoms with van der Waals surface area (Å²) in [6, 6.07) is 11.7. The van der Waals surface area contributed by atoms with Gasteiger partial charge in [0.15, 0.2) is 0 Å². The van der Waals surface area contributed by atoms with Crippen molar-refractivity contribution in [2.45, 2.75) is 38.5 Å². The van der Waals surface area contributed by atoms with Crippen molar-refractivity contribution in [3.05, 3.63) is 71.3 Å². The van der Waals surface area contributed by atoms with E-state index in [4.69, 9.17) is 10.5 Å². The molecule has 1 aliphatic rings. The molecule has 0 spiro atoms. The van der Waals surface area contributed by atoms with Gasteiger partial charge in [-0.3, -0.25) is 4.90 Å². The Labute approximate surface area is 176 Å². The predicted molar refractivity (Wildman–Crippen MR) is 112 cm³/mol. The number of nitrogens with two attached hydrogens (primary N) is 1. The molecule has 2 aromatic rings. The molecule has 1 amide bonds. The zero-order chi connectivity index (χ0) is 21.9. The van der Waals surface area contributed by atoms with E-state index in [9.17, 15) is 13.6 Å². The topological polar surface area (TPSA) is 58.8 Å². The second-order valence-corrected chi connectivity index (χ2v) is 8.58. The van der Waals surface area contributed by atoms with E-state index in [0.29, 0.717) is 26.2 Å². The van der Waals surface area contributed by atoms with Crippen LogP contribution in [0.3, 0.4) is 0 Å². The summed E-state index contributed by atoms with van der Waals surface area (Å²) >= 11 is 0. The summed E-state index contributed by atoms with van der Waals surface area (Å²) in [5, 5.41) is 0. The first-order valence-corrected chi connectivity index (χ1v) is 10.1. The van der Waals surface area contributed by atoms with Crippen LogP contribution in [0.5, 0.6) is 0 Å². The van der Waals surface area contributed by atoms with E-state index in [2.05, 4.69) is 4.90 Å². The van der Waals surface area contributed by atoms with Gasteiger partial charge in [0.1, 0.15) is 17.2 Å². The number of amides is 1. The van der Waals surface area contributed by atoms with E-state index >= 15 is 0 Å². The van der Waals surface area contributed by atoms with E-state index in [1.54, 1.807) is 29.2 Å². The zero-order valence-electron chi connectivity index (χ0n) is 17.6. The Hall–Kier alpha value is -2.51. The number of ether oxygens (including phenoxy) is 1. The van der Waals surface area contributed by atoms with Gasteiger partial charge >= 0.3 is 6.09 Å². The Balaban J connectivity index is 1.79. The maximum Gasteiger partial charge on any atom is 0.410 e. The molecule has 0 saturated carbocycles. The number of nitrogens with zero attached hydrogens (tertiary/aromatic N) is 2. The van der Waals surface area contributed by atoms with Crippen molar-refractivity contribution in [3.63, 3.8) is 0 Å². The van der Waals surface area contributed by atoms with Crippen LogP contribution < -0.4 is 5.73 Å². The van der Waals surface area contributed by atoms with Crippen LogP contribution in [-0.2, 0) is 4.74 Å². The van der Waals surface area contributed by atoms with Crippen LogP contribution >= 0.6 is 0 Å². The maximum atomic E-state index is 13.5. The van der Waals surface area contributed by atoms with Crippen molar-refractivity contribution in [3.8, 4) is 0 Å². The molecule has 0 radical (unpaired) electrons. The van der Waals surface area contributed by atoms with E-state index < -0.39 is 11.6 Å². The molecule has 2 N–H and O–H groups in total. The largest absolute Gasteiger partial charge is 0.444 e. The summed E-state index contributed by atoms with van der Waals surface area (Å²) in [5.74, 6) is -0.641. The van der Waals surface area contributed by atoms with Gasteiger partial charge in [-0.25, -0.2) is 13.6 Å². The lowest BCUT2D eigenvalue weighted by Gasteiger charge is -2.42. The van der Waals surface area contributed by atoms with Gasteiger partial charge < -0.3 is 15.4 Å². The molecular weight excluding hydrogens is 388 g/mol. The fourth-order valence-corrected chi connectivity index (χ4v) is 3.68. The second-order valence-electron chi connectivity index (χ2n) is 8.58. The van der Waals surface area contributed by atoms with E-state index in [1.807, 2.05) is 20.8 Å². The van der Waals surface area contributed by atoms with Gasteiger partial charge in [-0.2, -0.15) is 0 Å². The van der Waals surface area contributed by atoms with Crippen molar-refractivity contribution >= 4 is 6.09 Å². The Morgan fingerprint density at radius 3 is 1.83 bits per heavy atom. The minimum atomic E-state index is -0.546. The number of piperazine rings is 1. The molecule has 2 atom stereocenters. The smallest absolute Gasteiger partial charge is 0.410 e. The Bertz CT molecular complexity index is 842. The Kier molecular flexibility index (Phi) is 6.73. The summed E-state index contributed by atoms with van der Waals surface area (Å²) in [6.45, 7) is 7.71. The molecule has 0 aliphatic carbocycles. The minimum Gasteiger partial charge on any atom is -0.444 e. The molecule has 5 nitrogen and oxygen atoms in total. The highest BCUT2D eigenvalue weighted by Gasteiger charge is 2.33. The summed E-state index contributed by atoms with van der Waals surface area (Å²) in [4.78, 5) is 16.2. The quantitative estimate of drug-likeness (QED) is 0.808. The fraction of sp³-hybridized carbons (Fsp3) is 0.435. The molecule has 3 rings (SSSR count). The first-order valence-electron chi connectivity index (χ1n) is 10.1. The zero-order valence-corrected chi connectivity index (χ0v) is 17.6. The molecule has 0 aromatic heterocycles. The summed E-state index contributed by atoms with van der Waals surface area (Å²) in [6.07, 6.45) is -0.330. The first kappa shape index (κ1) is 22.2. The van der Waals surface area contributed by atoms with Crippen LogP contribution in [-0.4, -0.2) is 47.7 Å². The van der Waals surface area contributed by atoms with Gasteiger partial charge in [0.2, 0.25) is 0 Å². The van der Waals surface area contributed by atoms with Crippen LogP contribution in [0.15, 0.2) is 48.5 Å². The van der Waals surface area contributed by atoms with Crippen LogP contribution in [0.1, 0.15) is 44.0 Å². The molecule has 7 heteroatoms. The van der Waals surface area contributed by atoms with Gasteiger partial charge in [0.25, 0.3) is 0 Å². The molecule has 2 unspecified atom stereocenters. The van der Waals surface area contributed by atoms with E-state index in [0.717, 1.165) is 11.1 Å². The van der Waals surface area contributed by atoms with Crippen LogP contribution in [0.4, 0.5) is 13.6 Å². The fourth-order valence-electron chi connectivity index (χ4n) is 3.68. The lowest BCUT2D eigenvalue weighted by molar-refractivity contribution is 0.00871. The Morgan fingerprint density at radius 2 is 1.37 bits per heavy atom. The molecule has 2 aromatic carbocycles. The van der Waals surface area contributed by atoms with Gasteiger partial charge in [-0.15, -0.1) is 0 Å². The highest BCUT2D eigenvalue weighted by atomic mass is 19.1. The maximum absolute atomic E-state index is 13.5. The van der Waals surface area contributed by atoms with Crippen molar-refractivity contribution in [1.29, 1.82) is 0 Å². The number of hydrogen-bond acceptors (Lipinski definition) is 4. The number of carbonyl (C=O) groups is 1. The lowest BCUT2D eigenvalue weighted by atomic mass is 9.92. The summed E-state index contributed by atoms with van der Waals surface area (Å²) in [7, 11) is 0. The summed E-state index contributed by atoms with van der Waals surface area (Å²) in [5.41, 5.74) is 7.72. The van der Waals surface area contributed by atoms with E-state index in [-0.39, 0.29) is 23.8 Å². The summed E-state index contributed by atoms with van der Waals surface area (Å²) < 4.78 is 32.3. The second kappa shape index (κ2) is 9.10. The SMILES string of the molecule is CC(C)(C)OC(=O)N1CCN(C(c2ccc(F)cc2)C(N)c2ccc(F)cc2)CC1. The number of hydrogen-bond donors (Lipinski definition) is 1. The molecule has 162 valence electrons. The average Bonchev–Trinajstić information content (AvgIpc) is 2.69. The molecule has 1 aliphatic heterocycles. The predicted octanol–water partition coefficient (Wildman–Crippen LogP) is 4.26. The van der Waals surface area contributed by atoms with Crippen molar-refractivity contribution in [2.24, 2.45) is 5.73 Å². The van der Waals surface area contributed by atoms with E-state index in [1.165, 1.54) is 24.3 Å². The van der Waals surface area contributed by atoms with Gasteiger partial charge in [0, 0.05) is 32.2 Å².